The number of rotatable bonds is 5. The predicted molar refractivity (Wildman–Crippen MR) is 92.9 cm³/mol. The van der Waals surface area contributed by atoms with Crippen molar-refractivity contribution in [2.45, 2.75) is 20.3 Å². The van der Waals surface area contributed by atoms with Crippen molar-refractivity contribution >= 4 is 28.1 Å². The Hall–Kier alpha value is -2.07. The van der Waals surface area contributed by atoms with E-state index in [0.717, 1.165) is 28.4 Å². The van der Waals surface area contributed by atoms with Crippen molar-refractivity contribution in [2.24, 2.45) is 5.92 Å². The highest BCUT2D eigenvalue weighted by Crippen LogP contribution is 2.26. The second-order valence-corrected chi connectivity index (χ2v) is 6.88. The smallest absolute Gasteiger partial charge is 0.261 e. The van der Waals surface area contributed by atoms with Gasteiger partial charge in [0, 0.05) is 12.7 Å². The van der Waals surface area contributed by atoms with Gasteiger partial charge in [0.05, 0.1) is 10.4 Å². The summed E-state index contributed by atoms with van der Waals surface area (Å²) in [5.41, 5.74) is 1.16. The average molecular weight is 312 g/mol. The van der Waals surface area contributed by atoms with E-state index >= 15 is 0 Å². The number of hydrogen-bond donors (Lipinski definition) is 1. The Morgan fingerprint density at radius 1 is 1.18 bits per heavy atom. The first-order valence-electron chi connectivity index (χ1n) is 7.59. The molecule has 1 amide bonds. The Morgan fingerprint density at radius 2 is 2.00 bits per heavy atom. The van der Waals surface area contributed by atoms with Crippen molar-refractivity contribution < 1.29 is 4.79 Å². The Balaban J connectivity index is 1.77. The van der Waals surface area contributed by atoms with Crippen molar-refractivity contribution in [3.8, 4) is 5.00 Å². The number of amides is 1. The lowest BCUT2D eigenvalue weighted by atomic mass is 10.1. The topological polar surface area (TPSA) is 34.0 Å². The molecule has 0 aliphatic carbocycles. The molecular weight excluding hydrogens is 292 g/mol. The van der Waals surface area contributed by atoms with Crippen LogP contribution in [-0.2, 0) is 0 Å². The van der Waals surface area contributed by atoms with Gasteiger partial charge in [0.2, 0.25) is 0 Å². The molecule has 114 valence electrons. The Bertz CT molecular complexity index is 785. The molecule has 1 N–H and O–H groups in total. The van der Waals surface area contributed by atoms with Crippen molar-refractivity contribution in [3.63, 3.8) is 0 Å². The van der Waals surface area contributed by atoms with Crippen LogP contribution in [0.2, 0.25) is 0 Å². The van der Waals surface area contributed by atoms with E-state index in [1.54, 1.807) is 0 Å². The van der Waals surface area contributed by atoms with Gasteiger partial charge in [-0.3, -0.25) is 4.79 Å². The maximum absolute atomic E-state index is 12.2. The van der Waals surface area contributed by atoms with Crippen LogP contribution >= 0.6 is 11.3 Å². The third-order valence-corrected chi connectivity index (χ3v) is 4.74. The minimum absolute atomic E-state index is 0.0216. The van der Waals surface area contributed by atoms with Crippen LogP contribution in [0, 0.1) is 5.92 Å². The van der Waals surface area contributed by atoms with E-state index in [9.17, 15) is 4.79 Å². The number of nitrogens with zero attached hydrogens (tertiary/aromatic N) is 1. The molecule has 2 aromatic heterocycles. The summed E-state index contributed by atoms with van der Waals surface area (Å²) in [6, 6.07) is 14.3. The second-order valence-electron chi connectivity index (χ2n) is 5.82. The number of thiophene rings is 1. The molecule has 3 nitrogen and oxygen atoms in total. The van der Waals surface area contributed by atoms with Crippen molar-refractivity contribution in [3.05, 3.63) is 53.5 Å². The molecule has 0 aliphatic heterocycles. The zero-order chi connectivity index (χ0) is 15.5. The molecule has 0 aliphatic rings. The highest BCUT2D eigenvalue weighted by molar-refractivity contribution is 7.16. The van der Waals surface area contributed by atoms with Crippen molar-refractivity contribution in [2.75, 3.05) is 6.54 Å². The molecule has 0 bridgehead atoms. The molecule has 0 fully saturated rings. The van der Waals surface area contributed by atoms with E-state index in [1.807, 2.05) is 24.3 Å². The molecule has 3 aromatic rings. The quantitative estimate of drug-likeness (QED) is 0.741. The maximum Gasteiger partial charge on any atom is 0.261 e. The van der Waals surface area contributed by atoms with Gasteiger partial charge in [0.25, 0.3) is 5.91 Å². The molecular formula is C18H20N2OS. The molecule has 0 saturated heterocycles. The predicted octanol–water partition coefficient (Wildman–Crippen LogP) is 4.47. The summed E-state index contributed by atoms with van der Waals surface area (Å²) in [5.74, 6) is 0.624. The third-order valence-electron chi connectivity index (χ3n) is 3.66. The van der Waals surface area contributed by atoms with Gasteiger partial charge in [-0.2, -0.15) is 0 Å². The lowest BCUT2D eigenvalue weighted by Gasteiger charge is -2.05. The highest BCUT2D eigenvalue weighted by atomic mass is 32.1. The van der Waals surface area contributed by atoms with Crippen LogP contribution in [0.4, 0.5) is 0 Å². The maximum atomic E-state index is 12.2. The number of fused-ring (bicyclic) bond motifs is 1. The van der Waals surface area contributed by atoms with Gasteiger partial charge in [-0.15, -0.1) is 11.3 Å². The normalized spacial score (nSPS) is 11.2. The van der Waals surface area contributed by atoms with E-state index in [1.165, 1.54) is 16.7 Å². The summed E-state index contributed by atoms with van der Waals surface area (Å²) in [6.45, 7) is 5.05. The number of carbonyl (C=O) groups is 1. The van der Waals surface area contributed by atoms with Crippen LogP contribution in [0.15, 0.2) is 48.7 Å². The van der Waals surface area contributed by atoms with E-state index < -0.39 is 0 Å². The lowest BCUT2D eigenvalue weighted by molar-refractivity contribution is 0.0956. The number of nitrogens with one attached hydrogen (secondary N) is 1. The lowest BCUT2D eigenvalue weighted by Crippen LogP contribution is -2.24. The Labute approximate surface area is 134 Å². The van der Waals surface area contributed by atoms with E-state index in [-0.39, 0.29) is 5.91 Å². The summed E-state index contributed by atoms with van der Waals surface area (Å²) < 4.78 is 2.13. The first kappa shape index (κ1) is 14.9. The highest BCUT2D eigenvalue weighted by Gasteiger charge is 2.11. The van der Waals surface area contributed by atoms with Gasteiger partial charge >= 0.3 is 0 Å². The zero-order valence-corrected chi connectivity index (χ0v) is 13.7. The van der Waals surface area contributed by atoms with Gasteiger partial charge in [0.1, 0.15) is 5.00 Å². The minimum Gasteiger partial charge on any atom is -0.351 e. The number of carbonyl (C=O) groups excluding carboxylic acids is 1. The van der Waals surface area contributed by atoms with Crippen LogP contribution in [-0.4, -0.2) is 17.0 Å². The molecule has 0 saturated carbocycles. The first-order valence-corrected chi connectivity index (χ1v) is 8.41. The van der Waals surface area contributed by atoms with Gasteiger partial charge < -0.3 is 9.88 Å². The molecule has 2 heterocycles. The fourth-order valence-electron chi connectivity index (χ4n) is 2.42. The monoisotopic (exact) mass is 312 g/mol. The number of benzene rings is 1. The van der Waals surface area contributed by atoms with Crippen molar-refractivity contribution in [1.82, 2.24) is 9.88 Å². The molecule has 0 atom stereocenters. The number of hydrogen-bond acceptors (Lipinski definition) is 2. The molecule has 0 unspecified atom stereocenters. The molecule has 0 radical (unpaired) electrons. The zero-order valence-electron chi connectivity index (χ0n) is 12.9. The molecule has 4 heteroatoms. The van der Waals surface area contributed by atoms with E-state index in [2.05, 4.69) is 48.1 Å². The van der Waals surface area contributed by atoms with Gasteiger partial charge in [-0.1, -0.05) is 32.0 Å². The van der Waals surface area contributed by atoms with Crippen LogP contribution < -0.4 is 5.32 Å². The molecule has 0 spiro atoms. The minimum atomic E-state index is 0.0216. The van der Waals surface area contributed by atoms with Crippen LogP contribution in [0.5, 0.6) is 0 Å². The van der Waals surface area contributed by atoms with Gasteiger partial charge in [-0.25, -0.2) is 0 Å². The first-order chi connectivity index (χ1) is 10.6. The summed E-state index contributed by atoms with van der Waals surface area (Å²) >= 11 is 1.52. The molecule has 3 rings (SSSR count). The SMILES string of the molecule is CC(C)CCNC(=O)c1ccc(-n2ccc3ccccc32)s1. The summed E-state index contributed by atoms with van der Waals surface area (Å²) in [6.07, 6.45) is 3.06. The van der Waals surface area contributed by atoms with Crippen LogP contribution in [0.1, 0.15) is 29.9 Å². The second kappa shape index (κ2) is 6.36. The van der Waals surface area contributed by atoms with Crippen LogP contribution in [0.3, 0.4) is 0 Å². The summed E-state index contributed by atoms with van der Waals surface area (Å²) in [4.78, 5) is 12.9. The summed E-state index contributed by atoms with van der Waals surface area (Å²) in [7, 11) is 0. The van der Waals surface area contributed by atoms with Crippen molar-refractivity contribution in [1.29, 1.82) is 0 Å². The van der Waals surface area contributed by atoms with E-state index in [0.29, 0.717) is 5.92 Å². The summed E-state index contributed by atoms with van der Waals surface area (Å²) in [5, 5.41) is 5.26. The Kier molecular flexibility index (Phi) is 4.29. The van der Waals surface area contributed by atoms with E-state index in [4.69, 9.17) is 0 Å². The molecule has 1 aromatic carbocycles. The van der Waals surface area contributed by atoms with Crippen LogP contribution in [0.25, 0.3) is 15.9 Å². The average Bonchev–Trinajstić information content (AvgIpc) is 3.13. The fourth-order valence-corrected chi connectivity index (χ4v) is 3.34. The number of aromatic nitrogens is 1. The fraction of sp³-hybridized carbons (Fsp3) is 0.278. The largest absolute Gasteiger partial charge is 0.351 e. The Morgan fingerprint density at radius 3 is 2.82 bits per heavy atom. The van der Waals surface area contributed by atoms with Gasteiger partial charge in [0.15, 0.2) is 0 Å². The third kappa shape index (κ3) is 3.07. The van der Waals surface area contributed by atoms with Gasteiger partial charge in [-0.05, 0) is 42.0 Å². The standard InChI is InChI=1S/C18H20N2OS/c1-13(2)9-11-19-18(21)16-7-8-17(22-16)20-12-10-14-5-3-4-6-15(14)20/h3-8,10,12-13H,9,11H2,1-2H3,(H,19,21). The number of para-hydroxylation sites is 1. The molecule has 22 heavy (non-hydrogen) atoms.